The molecule has 0 spiro atoms. The molecule has 2 N–H and O–H groups in total. The van der Waals surface area contributed by atoms with Gasteiger partial charge in [0.25, 0.3) is 5.91 Å². The SMILES string of the molecule is CCNC(=O)C(C)NC(=O)c1cc(-n2c(C)ccc2C)ccc1Cl. The third-order valence-electron chi connectivity index (χ3n) is 3.82. The zero-order valence-electron chi connectivity index (χ0n) is 14.3. The van der Waals surface area contributed by atoms with Crippen LogP contribution in [0.3, 0.4) is 0 Å². The molecule has 1 heterocycles. The van der Waals surface area contributed by atoms with E-state index in [0.717, 1.165) is 17.1 Å². The number of carbonyl (C=O) groups is 2. The van der Waals surface area contributed by atoms with E-state index in [4.69, 9.17) is 11.6 Å². The maximum Gasteiger partial charge on any atom is 0.253 e. The number of amides is 2. The summed E-state index contributed by atoms with van der Waals surface area (Å²) in [6.07, 6.45) is 0. The highest BCUT2D eigenvalue weighted by molar-refractivity contribution is 6.34. The van der Waals surface area contributed by atoms with Gasteiger partial charge in [-0.15, -0.1) is 0 Å². The second-order valence-corrected chi connectivity index (χ2v) is 6.11. The van der Waals surface area contributed by atoms with Crippen molar-refractivity contribution in [1.82, 2.24) is 15.2 Å². The second kappa shape index (κ2) is 7.53. The van der Waals surface area contributed by atoms with Gasteiger partial charge in [0.2, 0.25) is 5.91 Å². The third kappa shape index (κ3) is 3.79. The molecular weight excluding hydrogens is 326 g/mol. The van der Waals surface area contributed by atoms with Crippen molar-refractivity contribution >= 4 is 23.4 Å². The highest BCUT2D eigenvalue weighted by Crippen LogP contribution is 2.23. The van der Waals surface area contributed by atoms with Gasteiger partial charge < -0.3 is 15.2 Å². The third-order valence-corrected chi connectivity index (χ3v) is 4.15. The fourth-order valence-electron chi connectivity index (χ4n) is 2.57. The number of carbonyl (C=O) groups excluding carboxylic acids is 2. The minimum absolute atomic E-state index is 0.227. The Morgan fingerprint density at radius 3 is 2.38 bits per heavy atom. The van der Waals surface area contributed by atoms with Crippen LogP contribution in [-0.2, 0) is 4.79 Å². The van der Waals surface area contributed by atoms with Gasteiger partial charge in [0, 0.05) is 23.6 Å². The summed E-state index contributed by atoms with van der Waals surface area (Å²) >= 11 is 6.19. The Hall–Kier alpha value is -2.27. The van der Waals surface area contributed by atoms with Crippen molar-refractivity contribution in [3.63, 3.8) is 0 Å². The average molecular weight is 348 g/mol. The van der Waals surface area contributed by atoms with Crippen molar-refractivity contribution in [1.29, 1.82) is 0 Å². The summed E-state index contributed by atoms with van der Waals surface area (Å²) in [5.41, 5.74) is 3.33. The van der Waals surface area contributed by atoms with E-state index in [2.05, 4.69) is 10.6 Å². The number of benzene rings is 1. The van der Waals surface area contributed by atoms with Crippen LogP contribution in [0.2, 0.25) is 5.02 Å². The average Bonchev–Trinajstić information content (AvgIpc) is 2.87. The monoisotopic (exact) mass is 347 g/mol. The Morgan fingerprint density at radius 2 is 1.79 bits per heavy atom. The zero-order valence-corrected chi connectivity index (χ0v) is 15.1. The quantitative estimate of drug-likeness (QED) is 0.873. The lowest BCUT2D eigenvalue weighted by atomic mass is 10.1. The smallest absolute Gasteiger partial charge is 0.253 e. The predicted molar refractivity (Wildman–Crippen MR) is 95.9 cm³/mol. The summed E-state index contributed by atoms with van der Waals surface area (Å²) < 4.78 is 2.04. The van der Waals surface area contributed by atoms with Gasteiger partial charge >= 0.3 is 0 Å². The van der Waals surface area contributed by atoms with E-state index in [9.17, 15) is 9.59 Å². The highest BCUT2D eigenvalue weighted by Gasteiger charge is 2.18. The molecule has 0 saturated carbocycles. The fraction of sp³-hybridized carbons (Fsp3) is 0.333. The van der Waals surface area contributed by atoms with Crippen LogP contribution in [0.15, 0.2) is 30.3 Å². The van der Waals surface area contributed by atoms with Crippen molar-refractivity contribution in [2.24, 2.45) is 0 Å². The molecule has 128 valence electrons. The van der Waals surface area contributed by atoms with Crippen LogP contribution >= 0.6 is 11.6 Å². The Morgan fingerprint density at radius 1 is 1.17 bits per heavy atom. The van der Waals surface area contributed by atoms with E-state index in [1.165, 1.54) is 0 Å². The molecule has 2 amide bonds. The molecule has 0 bridgehead atoms. The minimum Gasteiger partial charge on any atom is -0.355 e. The van der Waals surface area contributed by atoms with Crippen molar-refractivity contribution in [2.45, 2.75) is 33.7 Å². The molecule has 1 aromatic heterocycles. The number of aryl methyl sites for hydroxylation is 2. The lowest BCUT2D eigenvalue weighted by Gasteiger charge is -2.15. The van der Waals surface area contributed by atoms with Crippen LogP contribution < -0.4 is 10.6 Å². The summed E-state index contributed by atoms with van der Waals surface area (Å²) in [5, 5.41) is 5.70. The Labute approximate surface area is 147 Å². The number of nitrogens with zero attached hydrogens (tertiary/aromatic N) is 1. The van der Waals surface area contributed by atoms with Gasteiger partial charge in [0.15, 0.2) is 0 Å². The molecule has 2 rings (SSSR count). The molecule has 24 heavy (non-hydrogen) atoms. The van der Waals surface area contributed by atoms with Crippen LogP contribution in [0.1, 0.15) is 35.6 Å². The summed E-state index contributed by atoms with van der Waals surface area (Å²) in [6.45, 7) is 7.98. The van der Waals surface area contributed by atoms with Crippen molar-refractivity contribution in [3.8, 4) is 5.69 Å². The number of likely N-dealkylation sites (N-methyl/N-ethyl adjacent to an activating group) is 1. The van der Waals surface area contributed by atoms with E-state index in [1.807, 2.05) is 43.5 Å². The van der Waals surface area contributed by atoms with Crippen molar-refractivity contribution in [3.05, 3.63) is 52.3 Å². The van der Waals surface area contributed by atoms with Crippen LogP contribution in [0, 0.1) is 13.8 Å². The van der Waals surface area contributed by atoms with Crippen molar-refractivity contribution in [2.75, 3.05) is 6.54 Å². The largest absolute Gasteiger partial charge is 0.355 e. The number of rotatable bonds is 5. The lowest BCUT2D eigenvalue weighted by Crippen LogP contribution is -2.44. The normalized spacial score (nSPS) is 11.9. The van der Waals surface area contributed by atoms with E-state index in [-0.39, 0.29) is 11.8 Å². The summed E-state index contributed by atoms with van der Waals surface area (Å²) in [4.78, 5) is 24.3. The molecular formula is C18H22ClN3O2. The van der Waals surface area contributed by atoms with Gasteiger partial charge in [0.05, 0.1) is 10.6 Å². The van der Waals surface area contributed by atoms with Gasteiger partial charge in [-0.1, -0.05) is 11.6 Å². The minimum atomic E-state index is -0.632. The fourth-order valence-corrected chi connectivity index (χ4v) is 2.77. The van der Waals surface area contributed by atoms with Gasteiger partial charge in [-0.25, -0.2) is 0 Å². The Kier molecular flexibility index (Phi) is 5.67. The zero-order chi connectivity index (χ0) is 17.9. The molecule has 1 unspecified atom stereocenters. The van der Waals surface area contributed by atoms with Crippen LogP contribution in [0.25, 0.3) is 5.69 Å². The molecule has 0 aliphatic rings. The molecule has 6 heteroatoms. The molecule has 0 saturated heterocycles. The molecule has 5 nitrogen and oxygen atoms in total. The highest BCUT2D eigenvalue weighted by atomic mass is 35.5. The molecule has 0 fully saturated rings. The van der Waals surface area contributed by atoms with E-state index in [1.54, 1.807) is 19.1 Å². The summed E-state index contributed by atoms with van der Waals surface area (Å²) in [6, 6.07) is 8.70. The van der Waals surface area contributed by atoms with E-state index >= 15 is 0 Å². The van der Waals surface area contributed by atoms with Gasteiger partial charge in [-0.2, -0.15) is 0 Å². The Bertz CT molecular complexity index is 748. The van der Waals surface area contributed by atoms with E-state index in [0.29, 0.717) is 17.1 Å². The molecule has 2 aromatic rings. The van der Waals surface area contributed by atoms with Crippen molar-refractivity contribution < 1.29 is 9.59 Å². The molecule has 0 aliphatic heterocycles. The van der Waals surface area contributed by atoms with Crippen LogP contribution in [0.5, 0.6) is 0 Å². The number of aromatic nitrogens is 1. The molecule has 0 aliphatic carbocycles. The standard InChI is InChI=1S/C18H22ClN3O2/c1-5-20-17(23)13(4)21-18(24)15-10-14(8-9-16(15)19)22-11(2)6-7-12(22)3/h6-10,13H,5H2,1-4H3,(H,20,23)(H,21,24). The first kappa shape index (κ1) is 18.1. The van der Waals surface area contributed by atoms with Gasteiger partial charge in [-0.05, 0) is 58.0 Å². The lowest BCUT2D eigenvalue weighted by molar-refractivity contribution is -0.122. The van der Waals surface area contributed by atoms with Crippen LogP contribution in [-0.4, -0.2) is 29.0 Å². The number of hydrogen-bond donors (Lipinski definition) is 2. The van der Waals surface area contributed by atoms with Gasteiger partial charge in [0.1, 0.15) is 6.04 Å². The maximum atomic E-state index is 12.5. The van der Waals surface area contributed by atoms with E-state index < -0.39 is 6.04 Å². The first-order valence-electron chi connectivity index (χ1n) is 7.88. The summed E-state index contributed by atoms with van der Waals surface area (Å²) in [7, 11) is 0. The second-order valence-electron chi connectivity index (χ2n) is 5.71. The first-order chi connectivity index (χ1) is 11.3. The van der Waals surface area contributed by atoms with Crippen LogP contribution in [0.4, 0.5) is 0 Å². The number of halogens is 1. The number of nitrogens with one attached hydrogen (secondary N) is 2. The molecule has 1 atom stereocenters. The summed E-state index contributed by atoms with van der Waals surface area (Å²) in [5.74, 6) is -0.599. The first-order valence-corrected chi connectivity index (χ1v) is 8.26. The Balaban J connectivity index is 2.29. The topological polar surface area (TPSA) is 63.1 Å². The number of hydrogen-bond acceptors (Lipinski definition) is 2. The molecule has 1 aromatic carbocycles. The van der Waals surface area contributed by atoms with Gasteiger partial charge in [-0.3, -0.25) is 9.59 Å². The predicted octanol–water partition coefficient (Wildman–Crippen LogP) is 3.00. The molecule has 0 radical (unpaired) electrons. The maximum absolute atomic E-state index is 12.5.